The molecule has 20 heavy (non-hydrogen) atoms. The van der Waals surface area contributed by atoms with Gasteiger partial charge in [-0.15, -0.1) is 0 Å². The Morgan fingerprint density at radius 2 is 2.00 bits per heavy atom. The highest BCUT2D eigenvalue weighted by atomic mass is 79.9. The molecular formula is C14H21BrN2O2S. The molecule has 0 bridgehead atoms. The quantitative estimate of drug-likeness (QED) is 0.819. The van der Waals surface area contributed by atoms with Crippen molar-refractivity contribution in [2.24, 2.45) is 5.41 Å². The summed E-state index contributed by atoms with van der Waals surface area (Å²) in [4.78, 5) is 0.362. The second-order valence-corrected chi connectivity index (χ2v) is 8.46. The molecule has 0 aliphatic heterocycles. The molecule has 2 rings (SSSR count). The van der Waals surface area contributed by atoms with Crippen LogP contribution in [0.25, 0.3) is 0 Å². The number of hydrogen-bond donors (Lipinski definition) is 2. The average molecular weight is 361 g/mol. The van der Waals surface area contributed by atoms with Crippen LogP contribution in [0.4, 0.5) is 0 Å². The molecule has 1 fully saturated rings. The van der Waals surface area contributed by atoms with Crippen LogP contribution in [0.1, 0.15) is 30.9 Å². The Hall–Kier alpha value is -0.430. The highest BCUT2D eigenvalue weighted by molar-refractivity contribution is 9.10. The first-order valence-electron chi connectivity index (χ1n) is 6.71. The van der Waals surface area contributed by atoms with Gasteiger partial charge in [0.15, 0.2) is 0 Å². The molecule has 4 nitrogen and oxygen atoms in total. The van der Waals surface area contributed by atoms with Crippen molar-refractivity contribution in [2.45, 2.75) is 38.1 Å². The van der Waals surface area contributed by atoms with Crippen molar-refractivity contribution >= 4 is 26.0 Å². The minimum absolute atomic E-state index is 0.154. The van der Waals surface area contributed by atoms with E-state index in [1.165, 1.54) is 0 Å². The van der Waals surface area contributed by atoms with E-state index < -0.39 is 10.0 Å². The van der Waals surface area contributed by atoms with Gasteiger partial charge in [-0.05, 0) is 55.5 Å². The molecule has 0 amide bonds. The molecule has 0 heterocycles. The van der Waals surface area contributed by atoms with Gasteiger partial charge in [0, 0.05) is 17.6 Å². The lowest BCUT2D eigenvalue weighted by atomic mass is 10.1. The van der Waals surface area contributed by atoms with E-state index in [4.69, 9.17) is 0 Å². The fraction of sp³-hybridized carbons (Fsp3) is 0.571. The summed E-state index contributed by atoms with van der Waals surface area (Å²) in [5, 5.41) is 3.04. The zero-order valence-electron chi connectivity index (χ0n) is 12.1. The van der Waals surface area contributed by atoms with Gasteiger partial charge in [0.2, 0.25) is 10.0 Å². The normalized spacial score (nSPS) is 17.2. The lowest BCUT2D eigenvalue weighted by molar-refractivity contribution is 0.530. The van der Waals surface area contributed by atoms with Gasteiger partial charge >= 0.3 is 0 Å². The van der Waals surface area contributed by atoms with Crippen LogP contribution in [-0.2, 0) is 16.6 Å². The third-order valence-corrected chi connectivity index (χ3v) is 6.17. The molecule has 1 aromatic rings. The number of sulfonamides is 1. The molecule has 2 N–H and O–H groups in total. The molecule has 1 aromatic carbocycles. The van der Waals surface area contributed by atoms with Crippen LogP contribution in [0.15, 0.2) is 21.5 Å². The van der Waals surface area contributed by atoms with Crippen LogP contribution >= 0.6 is 15.9 Å². The van der Waals surface area contributed by atoms with Crippen LogP contribution in [0, 0.1) is 12.3 Å². The maximum atomic E-state index is 12.5. The highest BCUT2D eigenvalue weighted by Gasteiger charge is 2.38. The topological polar surface area (TPSA) is 58.2 Å². The first-order chi connectivity index (χ1) is 9.27. The van der Waals surface area contributed by atoms with E-state index in [-0.39, 0.29) is 5.41 Å². The summed E-state index contributed by atoms with van der Waals surface area (Å²) < 4.78 is 28.5. The molecule has 0 spiro atoms. The van der Waals surface area contributed by atoms with Crippen molar-refractivity contribution in [1.82, 2.24) is 10.0 Å². The summed E-state index contributed by atoms with van der Waals surface area (Å²) in [5.41, 5.74) is 1.85. The number of benzene rings is 1. The third-order valence-electron chi connectivity index (χ3n) is 3.82. The fourth-order valence-electron chi connectivity index (χ4n) is 2.03. The van der Waals surface area contributed by atoms with Gasteiger partial charge in [0.1, 0.15) is 0 Å². The lowest BCUT2D eigenvalue weighted by Crippen LogP contribution is -2.30. The molecule has 0 atom stereocenters. The Kier molecular flexibility index (Phi) is 4.59. The summed E-state index contributed by atoms with van der Waals surface area (Å²) in [6.45, 7) is 5.08. The van der Waals surface area contributed by atoms with Crippen LogP contribution in [0.2, 0.25) is 0 Å². The van der Waals surface area contributed by atoms with Crippen molar-refractivity contribution in [2.75, 3.05) is 13.6 Å². The maximum Gasteiger partial charge on any atom is 0.240 e. The van der Waals surface area contributed by atoms with Crippen molar-refractivity contribution in [1.29, 1.82) is 0 Å². The van der Waals surface area contributed by atoms with E-state index in [2.05, 4.69) is 32.9 Å². The largest absolute Gasteiger partial charge is 0.316 e. The predicted octanol–water partition coefficient (Wildman–Crippen LogP) is 2.56. The molecule has 6 heteroatoms. The van der Waals surface area contributed by atoms with Gasteiger partial charge in [0.25, 0.3) is 0 Å². The molecule has 1 aliphatic carbocycles. The van der Waals surface area contributed by atoms with Crippen LogP contribution in [0.3, 0.4) is 0 Å². The van der Waals surface area contributed by atoms with Crippen LogP contribution in [0.5, 0.6) is 0 Å². The Morgan fingerprint density at radius 1 is 1.35 bits per heavy atom. The van der Waals surface area contributed by atoms with Gasteiger partial charge in [-0.3, -0.25) is 0 Å². The average Bonchev–Trinajstić information content (AvgIpc) is 3.10. The monoisotopic (exact) mass is 360 g/mol. The summed E-state index contributed by atoms with van der Waals surface area (Å²) >= 11 is 3.44. The van der Waals surface area contributed by atoms with E-state index >= 15 is 0 Å². The molecule has 1 aliphatic rings. The molecule has 0 saturated heterocycles. The smallest absolute Gasteiger partial charge is 0.240 e. The molecular weight excluding hydrogens is 340 g/mol. The van der Waals surface area contributed by atoms with Crippen LogP contribution < -0.4 is 10.0 Å². The minimum Gasteiger partial charge on any atom is -0.316 e. The SMILES string of the molecule is CNCc1cc(Br)c(C)c(S(=O)(=O)NCC2(C)CC2)c1. The standard InChI is InChI=1S/C14H21BrN2O2S/c1-10-12(15)6-11(8-16-3)7-13(10)20(18,19)17-9-14(2)4-5-14/h6-7,16-17H,4-5,8-9H2,1-3H3. The Balaban J connectivity index is 2.29. The van der Waals surface area contributed by atoms with E-state index in [1.807, 2.05) is 20.0 Å². The van der Waals surface area contributed by atoms with E-state index in [1.54, 1.807) is 6.07 Å². The van der Waals surface area contributed by atoms with Gasteiger partial charge in [-0.25, -0.2) is 13.1 Å². The van der Waals surface area contributed by atoms with Gasteiger partial charge in [-0.2, -0.15) is 0 Å². The van der Waals surface area contributed by atoms with Gasteiger partial charge in [0.05, 0.1) is 4.90 Å². The zero-order valence-corrected chi connectivity index (χ0v) is 14.5. The second-order valence-electron chi connectivity index (χ2n) is 5.87. The van der Waals surface area contributed by atoms with Gasteiger partial charge < -0.3 is 5.32 Å². The Morgan fingerprint density at radius 3 is 2.55 bits per heavy atom. The lowest BCUT2D eigenvalue weighted by Gasteiger charge is -2.15. The minimum atomic E-state index is -3.46. The Bertz CT molecular complexity index is 610. The molecule has 0 radical (unpaired) electrons. The number of rotatable bonds is 6. The fourth-order valence-corrected chi connectivity index (χ4v) is 4.18. The predicted molar refractivity (Wildman–Crippen MR) is 84.2 cm³/mol. The summed E-state index contributed by atoms with van der Waals surface area (Å²) in [5.74, 6) is 0. The summed E-state index contributed by atoms with van der Waals surface area (Å²) in [6, 6.07) is 3.70. The zero-order chi connectivity index (χ0) is 15.0. The van der Waals surface area contributed by atoms with E-state index in [9.17, 15) is 8.42 Å². The number of halogens is 1. The van der Waals surface area contributed by atoms with Crippen molar-refractivity contribution in [3.05, 3.63) is 27.7 Å². The maximum absolute atomic E-state index is 12.5. The molecule has 0 aromatic heterocycles. The molecule has 1 saturated carbocycles. The summed E-state index contributed by atoms with van der Waals surface area (Å²) in [6.07, 6.45) is 2.19. The van der Waals surface area contributed by atoms with Crippen LogP contribution in [-0.4, -0.2) is 22.0 Å². The van der Waals surface area contributed by atoms with Gasteiger partial charge in [-0.1, -0.05) is 22.9 Å². The van der Waals surface area contributed by atoms with E-state index in [0.29, 0.717) is 18.0 Å². The number of nitrogens with one attached hydrogen (secondary N) is 2. The van der Waals surface area contributed by atoms with Crippen molar-refractivity contribution in [3.63, 3.8) is 0 Å². The van der Waals surface area contributed by atoms with Crippen molar-refractivity contribution in [3.8, 4) is 0 Å². The van der Waals surface area contributed by atoms with Crippen molar-refractivity contribution < 1.29 is 8.42 Å². The third kappa shape index (κ3) is 3.61. The Labute approximate surface area is 129 Å². The highest BCUT2D eigenvalue weighted by Crippen LogP contribution is 2.44. The second kappa shape index (κ2) is 5.75. The number of hydrogen-bond acceptors (Lipinski definition) is 3. The van der Waals surface area contributed by atoms with E-state index in [0.717, 1.165) is 28.4 Å². The molecule has 0 unspecified atom stereocenters. The first kappa shape index (κ1) is 15.9. The molecule has 112 valence electrons. The first-order valence-corrected chi connectivity index (χ1v) is 8.98. The summed E-state index contributed by atoms with van der Waals surface area (Å²) in [7, 11) is -1.61.